The molecule has 0 saturated carbocycles. The van der Waals surface area contributed by atoms with E-state index in [1.165, 1.54) is 14.0 Å². The number of nitrogens with one attached hydrogen (secondary N) is 1. The zero-order valence-corrected chi connectivity index (χ0v) is 12.3. The summed E-state index contributed by atoms with van der Waals surface area (Å²) in [5, 5.41) is 23.5. The third-order valence-electron chi connectivity index (χ3n) is 2.89. The van der Waals surface area contributed by atoms with Gasteiger partial charge in [0.15, 0.2) is 5.69 Å². The Balaban J connectivity index is 2.93. The lowest BCUT2D eigenvalue weighted by Crippen LogP contribution is -2.29. The van der Waals surface area contributed by atoms with Gasteiger partial charge in [-0.1, -0.05) is 0 Å². The van der Waals surface area contributed by atoms with Crippen LogP contribution in [0, 0.1) is 6.92 Å². The molecule has 1 aromatic heterocycles. The molecule has 0 atom stereocenters. The van der Waals surface area contributed by atoms with Crippen molar-refractivity contribution in [2.45, 2.75) is 31.1 Å². The Kier molecular flexibility index (Phi) is 5.66. The number of carboxylic acids is 1. The molecule has 1 rings (SSSR count). The van der Waals surface area contributed by atoms with Crippen LogP contribution in [0.15, 0.2) is 4.90 Å². The Hall–Kier alpha value is -1.45. The zero-order chi connectivity index (χ0) is 15.3. The number of aliphatic hydroxyl groups excluding tert-OH is 1. The maximum absolute atomic E-state index is 12.4. The molecule has 3 N–H and O–H groups in total. The zero-order valence-electron chi connectivity index (χ0n) is 11.5. The Morgan fingerprint density at radius 1 is 1.35 bits per heavy atom. The molecule has 0 bridgehead atoms. The molecular weight excluding hydrogens is 286 g/mol. The van der Waals surface area contributed by atoms with E-state index in [0.717, 1.165) is 4.31 Å². The molecule has 0 aliphatic rings. The van der Waals surface area contributed by atoms with Gasteiger partial charge in [0, 0.05) is 20.2 Å². The average molecular weight is 305 g/mol. The standard InChI is InChI=1S/C11H19N3O5S/c1-8-10(9(11(16)17)13-12-8)20(18,19)14(2)6-4-3-5-7-15/h15H,3-7H2,1-2H3,(H,12,13)(H,16,17). The van der Waals surface area contributed by atoms with Crippen molar-refractivity contribution in [2.75, 3.05) is 20.2 Å². The van der Waals surface area contributed by atoms with Crippen LogP contribution in [0.1, 0.15) is 35.4 Å². The van der Waals surface area contributed by atoms with Crippen molar-refractivity contribution in [1.29, 1.82) is 0 Å². The normalized spacial score (nSPS) is 12.0. The van der Waals surface area contributed by atoms with E-state index in [4.69, 9.17) is 10.2 Å². The maximum Gasteiger partial charge on any atom is 0.357 e. The number of carboxylic acid groups (broad SMARTS) is 1. The van der Waals surface area contributed by atoms with Crippen LogP contribution >= 0.6 is 0 Å². The van der Waals surface area contributed by atoms with Crippen LogP contribution in [-0.4, -0.2) is 59.3 Å². The van der Waals surface area contributed by atoms with E-state index in [0.29, 0.717) is 19.3 Å². The summed E-state index contributed by atoms with van der Waals surface area (Å²) in [5.74, 6) is -1.39. The molecule has 0 aliphatic carbocycles. The van der Waals surface area contributed by atoms with Crippen LogP contribution < -0.4 is 0 Å². The first kappa shape index (κ1) is 16.6. The van der Waals surface area contributed by atoms with E-state index in [1.54, 1.807) is 0 Å². The van der Waals surface area contributed by atoms with Crippen LogP contribution in [0.25, 0.3) is 0 Å². The van der Waals surface area contributed by atoms with Gasteiger partial charge in [-0.05, 0) is 26.2 Å². The molecular formula is C11H19N3O5S. The minimum Gasteiger partial charge on any atom is -0.476 e. The third-order valence-corrected chi connectivity index (χ3v) is 4.91. The van der Waals surface area contributed by atoms with Crippen molar-refractivity contribution < 1.29 is 23.4 Å². The number of carbonyl (C=O) groups is 1. The summed E-state index contributed by atoms with van der Waals surface area (Å²) >= 11 is 0. The van der Waals surface area contributed by atoms with Crippen LogP contribution in [-0.2, 0) is 10.0 Å². The Bertz CT molecular complexity index is 567. The Morgan fingerprint density at radius 2 is 2.00 bits per heavy atom. The molecule has 1 heterocycles. The van der Waals surface area contributed by atoms with Gasteiger partial charge < -0.3 is 10.2 Å². The highest BCUT2D eigenvalue weighted by Crippen LogP contribution is 2.21. The van der Waals surface area contributed by atoms with Crippen LogP contribution in [0.5, 0.6) is 0 Å². The molecule has 0 amide bonds. The molecule has 0 unspecified atom stereocenters. The first-order valence-electron chi connectivity index (χ1n) is 6.17. The van der Waals surface area contributed by atoms with Crippen molar-refractivity contribution in [1.82, 2.24) is 14.5 Å². The van der Waals surface area contributed by atoms with Crippen LogP contribution in [0.2, 0.25) is 0 Å². The van der Waals surface area contributed by atoms with Gasteiger partial charge in [-0.2, -0.15) is 5.10 Å². The van der Waals surface area contributed by atoms with E-state index in [1.807, 2.05) is 0 Å². The van der Waals surface area contributed by atoms with E-state index in [2.05, 4.69) is 10.2 Å². The highest BCUT2D eigenvalue weighted by Gasteiger charge is 2.31. The average Bonchev–Trinajstić information content (AvgIpc) is 2.77. The number of aliphatic hydroxyl groups is 1. The Morgan fingerprint density at radius 3 is 2.55 bits per heavy atom. The molecule has 1 aromatic rings. The van der Waals surface area contributed by atoms with Gasteiger partial charge in [-0.15, -0.1) is 0 Å². The van der Waals surface area contributed by atoms with E-state index < -0.39 is 21.7 Å². The largest absolute Gasteiger partial charge is 0.476 e. The van der Waals surface area contributed by atoms with Gasteiger partial charge in [0.1, 0.15) is 4.90 Å². The molecule has 0 radical (unpaired) electrons. The van der Waals surface area contributed by atoms with Gasteiger partial charge in [0.25, 0.3) is 0 Å². The number of rotatable bonds is 8. The number of hydrogen-bond donors (Lipinski definition) is 3. The third kappa shape index (κ3) is 3.56. The SMILES string of the molecule is Cc1[nH]nc(C(=O)O)c1S(=O)(=O)N(C)CCCCCO. The molecule has 0 aromatic carbocycles. The number of sulfonamides is 1. The highest BCUT2D eigenvalue weighted by atomic mass is 32.2. The van der Waals surface area contributed by atoms with Gasteiger partial charge in [-0.25, -0.2) is 17.5 Å². The van der Waals surface area contributed by atoms with E-state index in [9.17, 15) is 13.2 Å². The predicted molar refractivity (Wildman–Crippen MR) is 71.0 cm³/mol. The van der Waals surface area contributed by atoms with Gasteiger partial charge >= 0.3 is 5.97 Å². The molecule has 114 valence electrons. The lowest BCUT2D eigenvalue weighted by atomic mass is 10.2. The number of H-pyrrole nitrogens is 1. The monoisotopic (exact) mass is 305 g/mol. The Labute approximate surface area is 117 Å². The molecule has 8 nitrogen and oxygen atoms in total. The van der Waals surface area contributed by atoms with E-state index in [-0.39, 0.29) is 23.7 Å². The predicted octanol–water partition coefficient (Wildman–Crippen LogP) is 0.199. The van der Waals surface area contributed by atoms with Gasteiger partial charge in [-0.3, -0.25) is 5.10 Å². The van der Waals surface area contributed by atoms with Crippen molar-refractivity contribution in [3.05, 3.63) is 11.4 Å². The number of unbranched alkanes of at least 4 members (excludes halogenated alkanes) is 2. The number of aryl methyl sites for hydroxylation is 1. The molecule has 0 aliphatic heterocycles. The summed E-state index contributed by atoms with van der Waals surface area (Å²) in [6.45, 7) is 1.79. The molecule has 20 heavy (non-hydrogen) atoms. The minimum absolute atomic E-state index is 0.0699. The van der Waals surface area contributed by atoms with Crippen LogP contribution in [0.3, 0.4) is 0 Å². The summed E-state index contributed by atoms with van der Waals surface area (Å²) in [6, 6.07) is 0. The number of nitrogens with zero attached hydrogens (tertiary/aromatic N) is 2. The fourth-order valence-corrected chi connectivity index (χ4v) is 3.27. The second-order valence-electron chi connectivity index (χ2n) is 4.44. The number of aromatic carboxylic acids is 1. The smallest absolute Gasteiger partial charge is 0.357 e. The van der Waals surface area contributed by atoms with Crippen molar-refractivity contribution in [3.8, 4) is 0 Å². The van der Waals surface area contributed by atoms with Crippen molar-refractivity contribution >= 4 is 16.0 Å². The fraction of sp³-hybridized carbons (Fsp3) is 0.636. The van der Waals surface area contributed by atoms with Crippen molar-refractivity contribution in [2.24, 2.45) is 0 Å². The van der Waals surface area contributed by atoms with Gasteiger partial charge in [0.05, 0.1) is 5.69 Å². The summed E-state index contributed by atoms with van der Waals surface area (Å²) < 4.78 is 25.8. The number of aromatic amines is 1. The summed E-state index contributed by atoms with van der Waals surface area (Å²) in [4.78, 5) is 10.7. The maximum atomic E-state index is 12.4. The molecule has 0 saturated heterocycles. The van der Waals surface area contributed by atoms with Crippen LogP contribution in [0.4, 0.5) is 0 Å². The minimum atomic E-state index is -3.89. The summed E-state index contributed by atoms with van der Waals surface area (Å²) in [6.07, 6.45) is 1.90. The van der Waals surface area contributed by atoms with E-state index >= 15 is 0 Å². The summed E-state index contributed by atoms with van der Waals surface area (Å²) in [5.41, 5.74) is -0.297. The lowest BCUT2D eigenvalue weighted by Gasteiger charge is -2.17. The number of hydrogen-bond acceptors (Lipinski definition) is 5. The number of aromatic nitrogens is 2. The lowest BCUT2D eigenvalue weighted by molar-refractivity contribution is 0.0686. The quantitative estimate of drug-likeness (QED) is 0.589. The highest BCUT2D eigenvalue weighted by molar-refractivity contribution is 7.89. The van der Waals surface area contributed by atoms with Gasteiger partial charge in [0.2, 0.25) is 10.0 Å². The molecule has 0 spiro atoms. The first-order chi connectivity index (χ1) is 9.32. The first-order valence-corrected chi connectivity index (χ1v) is 7.61. The second-order valence-corrected chi connectivity index (χ2v) is 6.42. The molecule has 0 fully saturated rings. The topological polar surface area (TPSA) is 124 Å². The van der Waals surface area contributed by atoms with Crippen molar-refractivity contribution in [3.63, 3.8) is 0 Å². The molecule has 9 heteroatoms. The fourth-order valence-electron chi connectivity index (χ4n) is 1.78. The summed E-state index contributed by atoms with van der Waals surface area (Å²) in [7, 11) is -2.50. The second kappa shape index (κ2) is 6.82.